The molecule has 0 unspecified atom stereocenters. The highest BCUT2D eigenvalue weighted by Crippen LogP contribution is 2.31. The minimum absolute atomic E-state index is 0.0435. The number of alkyl halides is 3. The zero-order valence-corrected chi connectivity index (χ0v) is 19.9. The molecule has 0 saturated carbocycles. The number of amides is 2. The first-order valence-corrected chi connectivity index (χ1v) is 12.0. The highest BCUT2D eigenvalue weighted by Gasteiger charge is 2.37. The summed E-state index contributed by atoms with van der Waals surface area (Å²) in [5, 5.41) is 0. The summed E-state index contributed by atoms with van der Waals surface area (Å²) in [4.78, 5) is 35.2. The standard InChI is InChI=1S/C27H25F3N4O3/c28-27(29,30)21-10-11-31-24(16-21)37-23-8-6-20(7-9-23)26(36)34-17-22(18-34)32-12-14-33(15-13-32)25(35)19-4-2-1-3-5-19/h1-11,16,22H,12-15,17-18H2. The molecule has 0 aliphatic carbocycles. The van der Waals surface area contributed by atoms with Crippen molar-refractivity contribution < 1.29 is 27.5 Å². The quantitative estimate of drug-likeness (QED) is 0.516. The number of likely N-dealkylation sites (tertiary alicyclic amines) is 1. The van der Waals surface area contributed by atoms with Gasteiger partial charge in [0, 0.05) is 68.7 Å². The van der Waals surface area contributed by atoms with E-state index in [0.29, 0.717) is 37.3 Å². The summed E-state index contributed by atoms with van der Waals surface area (Å²) in [6.07, 6.45) is -3.45. The Labute approximate surface area is 212 Å². The fraction of sp³-hybridized carbons (Fsp3) is 0.296. The number of halogens is 3. The van der Waals surface area contributed by atoms with E-state index in [2.05, 4.69) is 9.88 Å². The molecule has 0 N–H and O–H groups in total. The van der Waals surface area contributed by atoms with Crippen molar-refractivity contribution in [3.8, 4) is 11.6 Å². The highest BCUT2D eigenvalue weighted by atomic mass is 19.4. The maximum Gasteiger partial charge on any atom is 0.416 e. The van der Waals surface area contributed by atoms with E-state index < -0.39 is 11.7 Å². The Hall–Kier alpha value is -3.92. The van der Waals surface area contributed by atoms with E-state index in [1.54, 1.807) is 17.0 Å². The van der Waals surface area contributed by atoms with E-state index in [1.807, 2.05) is 35.2 Å². The predicted octanol–water partition coefficient (Wildman–Crippen LogP) is 4.18. The normalized spacial score (nSPS) is 16.8. The molecule has 2 aromatic carbocycles. The van der Waals surface area contributed by atoms with Crippen LogP contribution in [-0.2, 0) is 6.18 Å². The van der Waals surface area contributed by atoms with Gasteiger partial charge < -0.3 is 14.5 Å². The second kappa shape index (κ2) is 10.2. The fourth-order valence-electron chi connectivity index (χ4n) is 4.52. The lowest BCUT2D eigenvalue weighted by Gasteiger charge is -2.48. The van der Waals surface area contributed by atoms with E-state index in [9.17, 15) is 22.8 Å². The van der Waals surface area contributed by atoms with Crippen LogP contribution in [0.15, 0.2) is 72.9 Å². The van der Waals surface area contributed by atoms with Crippen LogP contribution in [-0.4, -0.2) is 76.8 Å². The van der Waals surface area contributed by atoms with Gasteiger partial charge in [0.15, 0.2) is 0 Å². The first-order chi connectivity index (χ1) is 17.8. The van der Waals surface area contributed by atoms with Crippen LogP contribution in [0.5, 0.6) is 11.6 Å². The summed E-state index contributed by atoms with van der Waals surface area (Å²) >= 11 is 0. The largest absolute Gasteiger partial charge is 0.439 e. The van der Waals surface area contributed by atoms with Gasteiger partial charge in [-0.15, -0.1) is 0 Å². The molecule has 2 amide bonds. The van der Waals surface area contributed by atoms with Crippen molar-refractivity contribution in [1.29, 1.82) is 0 Å². The molecule has 5 rings (SSSR count). The van der Waals surface area contributed by atoms with Crippen LogP contribution in [0.2, 0.25) is 0 Å². The fourth-order valence-corrected chi connectivity index (χ4v) is 4.52. The maximum atomic E-state index is 12.9. The van der Waals surface area contributed by atoms with Crippen LogP contribution in [0.4, 0.5) is 13.2 Å². The summed E-state index contributed by atoms with van der Waals surface area (Å²) < 4.78 is 44.1. The van der Waals surface area contributed by atoms with Crippen molar-refractivity contribution in [1.82, 2.24) is 19.7 Å². The number of aromatic nitrogens is 1. The van der Waals surface area contributed by atoms with Gasteiger partial charge in [0.05, 0.1) is 5.56 Å². The molecule has 2 aliphatic heterocycles. The molecular formula is C27H25F3N4O3. The van der Waals surface area contributed by atoms with Crippen LogP contribution < -0.4 is 4.74 Å². The molecule has 2 saturated heterocycles. The van der Waals surface area contributed by atoms with E-state index in [-0.39, 0.29) is 29.5 Å². The molecule has 2 aliphatic rings. The third kappa shape index (κ3) is 5.59. The van der Waals surface area contributed by atoms with Crippen molar-refractivity contribution in [2.75, 3.05) is 39.3 Å². The second-order valence-corrected chi connectivity index (χ2v) is 9.07. The minimum Gasteiger partial charge on any atom is -0.439 e. The smallest absolute Gasteiger partial charge is 0.416 e. The third-order valence-corrected chi connectivity index (χ3v) is 6.67. The van der Waals surface area contributed by atoms with Gasteiger partial charge in [-0.25, -0.2) is 4.98 Å². The van der Waals surface area contributed by atoms with Gasteiger partial charge in [-0.1, -0.05) is 18.2 Å². The van der Waals surface area contributed by atoms with E-state index >= 15 is 0 Å². The number of benzene rings is 2. The number of pyridine rings is 1. The van der Waals surface area contributed by atoms with Crippen molar-refractivity contribution in [3.63, 3.8) is 0 Å². The monoisotopic (exact) mass is 510 g/mol. The molecule has 0 atom stereocenters. The molecule has 2 fully saturated rings. The van der Waals surface area contributed by atoms with Gasteiger partial charge in [0.2, 0.25) is 5.88 Å². The summed E-state index contributed by atoms with van der Waals surface area (Å²) in [5.41, 5.74) is 0.320. The number of hydrogen-bond donors (Lipinski definition) is 0. The summed E-state index contributed by atoms with van der Waals surface area (Å²) in [6.45, 7) is 4.05. The first-order valence-electron chi connectivity index (χ1n) is 12.0. The molecule has 192 valence electrons. The number of piperazine rings is 1. The Balaban J connectivity index is 1.10. The van der Waals surface area contributed by atoms with Gasteiger partial charge in [-0.05, 0) is 42.5 Å². The van der Waals surface area contributed by atoms with E-state index in [1.165, 1.54) is 12.1 Å². The molecule has 3 heterocycles. The van der Waals surface area contributed by atoms with E-state index in [4.69, 9.17) is 4.74 Å². The number of carbonyl (C=O) groups is 2. The molecular weight excluding hydrogens is 485 g/mol. The zero-order valence-electron chi connectivity index (χ0n) is 19.9. The SMILES string of the molecule is O=C(c1ccccc1)N1CCN(C2CN(C(=O)c3ccc(Oc4cc(C(F)(F)F)ccn4)cc3)C2)CC1. The zero-order chi connectivity index (χ0) is 26.0. The number of rotatable bonds is 5. The third-order valence-electron chi connectivity index (χ3n) is 6.67. The number of ether oxygens (including phenoxy) is 1. The van der Waals surface area contributed by atoms with Crippen LogP contribution in [0.1, 0.15) is 26.3 Å². The summed E-state index contributed by atoms with van der Waals surface area (Å²) in [6, 6.07) is 17.5. The first kappa shape index (κ1) is 24.8. The van der Waals surface area contributed by atoms with Crippen LogP contribution in [0, 0.1) is 0 Å². The topological polar surface area (TPSA) is 66.0 Å². The Morgan fingerprint density at radius 3 is 2.08 bits per heavy atom. The molecule has 3 aromatic rings. The summed E-state index contributed by atoms with van der Waals surface area (Å²) in [7, 11) is 0. The Morgan fingerprint density at radius 1 is 0.811 bits per heavy atom. The molecule has 1 aromatic heterocycles. The molecule has 0 radical (unpaired) electrons. The Kier molecular flexibility index (Phi) is 6.84. The lowest BCUT2D eigenvalue weighted by atomic mass is 10.0. The molecule has 37 heavy (non-hydrogen) atoms. The Morgan fingerprint density at radius 2 is 1.43 bits per heavy atom. The van der Waals surface area contributed by atoms with Gasteiger partial charge in [0.25, 0.3) is 11.8 Å². The van der Waals surface area contributed by atoms with Gasteiger partial charge in [-0.2, -0.15) is 13.2 Å². The van der Waals surface area contributed by atoms with Gasteiger partial charge in [-0.3, -0.25) is 14.5 Å². The Bertz CT molecular complexity index is 1250. The number of hydrogen-bond acceptors (Lipinski definition) is 5. The van der Waals surface area contributed by atoms with Gasteiger partial charge in [0.1, 0.15) is 5.75 Å². The molecule has 0 bridgehead atoms. The predicted molar refractivity (Wildman–Crippen MR) is 129 cm³/mol. The maximum absolute atomic E-state index is 12.9. The average molecular weight is 511 g/mol. The minimum atomic E-state index is -4.49. The lowest BCUT2D eigenvalue weighted by Crippen LogP contribution is -2.64. The van der Waals surface area contributed by atoms with Crippen LogP contribution >= 0.6 is 0 Å². The molecule has 10 heteroatoms. The average Bonchev–Trinajstić information content (AvgIpc) is 2.88. The van der Waals surface area contributed by atoms with Crippen molar-refractivity contribution >= 4 is 11.8 Å². The highest BCUT2D eigenvalue weighted by molar-refractivity contribution is 5.95. The number of nitrogens with zero attached hydrogens (tertiary/aromatic N) is 4. The van der Waals surface area contributed by atoms with Crippen molar-refractivity contribution in [2.45, 2.75) is 12.2 Å². The van der Waals surface area contributed by atoms with E-state index in [0.717, 1.165) is 31.4 Å². The lowest BCUT2D eigenvalue weighted by molar-refractivity contribution is -0.137. The molecule has 0 spiro atoms. The van der Waals surface area contributed by atoms with Crippen molar-refractivity contribution in [3.05, 3.63) is 89.6 Å². The van der Waals surface area contributed by atoms with Crippen LogP contribution in [0.3, 0.4) is 0 Å². The summed E-state index contributed by atoms with van der Waals surface area (Å²) in [5.74, 6) is 0.0395. The number of carbonyl (C=O) groups excluding carboxylic acids is 2. The van der Waals surface area contributed by atoms with Gasteiger partial charge >= 0.3 is 6.18 Å². The molecule has 7 nitrogen and oxygen atoms in total. The second-order valence-electron chi connectivity index (χ2n) is 9.07. The van der Waals surface area contributed by atoms with Crippen molar-refractivity contribution in [2.24, 2.45) is 0 Å². The van der Waals surface area contributed by atoms with Crippen LogP contribution in [0.25, 0.3) is 0 Å².